The monoisotopic (exact) mass is 437 g/mol. The molecule has 0 bridgehead atoms. The summed E-state index contributed by atoms with van der Waals surface area (Å²) in [5, 5.41) is 13.0. The molecule has 164 valence electrons. The third kappa shape index (κ3) is 4.65. The van der Waals surface area contributed by atoms with Gasteiger partial charge in [-0.25, -0.2) is 9.97 Å². The van der Waals surface area contributed by atoms with E-state index in [0.29, 0.717) is 12.4 Å². The number of primary amides is 1. The van der Waals surface area contributed by atoms with Crippen molar-refractivity contribution in [2.24, 2.45) is 5.73 Å². The van der Waals surface area contributed by atoms with Crippen LogP contribution in [0.5, 0.6) is 0 Å². The molecule has 5 aromatic rings. The summed E-state index contributed by atoms with van der Waals surface area (Å²) >= 11 is 0. The van der Waals surface area contributed by atoms with Gasteiger partial charge in [-0.05, 0) is 41.5 Å². The molecule has 5 rings (SSSR count). The fourth-order valence-electron chi connectivity index (χ4n) is 3.83. The zero-order chi connectivity index (χ0) is 22.6. The number of amides is 1. The molecule has 2 aromatic heterocycles. The van der Waals surface area contributed by atoms with Gasteiger partial charge in [-0.2, -0.15) is 5.10 Å². The molecule has 4 N–H and O–H groups in total. The molecule has 0 fully saturated rings. The van der Waals surface area contributed by atoms with Gasteiger partial charge in [0.2, 0.25) is 5.91 Å². The highest BCUT2D eigenvalue weighted by atomic mass is 16.1. The van der Waals surface area contributed by atoms with E-state index >= 15 is 0 Å². The normalized spacial score (nSPS) is 11.2. The lowest BCUT2D eigenvalue weighted by Gasteiger charge is -2.10. The van der Waals surface area contributed by atoms with Gasteiger partial charge in [0, 0.05) is 23.0 Å². The van der Waals surface area contributed by atoms with Crippen LogP contribution in [0.4, 0.5) is 11.5 Å². The molecule has 8 heteroatoms. The summed E-state index contributed by atoms with van der Waals surface area (Å²) in [6.07, 6.45) is 3.43. The molecule has 1 amide bonds. The minimum Gasteiger partial charge on any atom is -0.369 e. The number of aromatic nitrogens is 4. The Bertz CT molecular complexity index is 1430. The second-order valence-electron chi connectivity index (χ2n) is 7.83. The van der Waals surface area contributed by atoms with Gasteiger partial charge in [0.25, 0.3) is 0 Å². The van der Waals surface area contributed by atoms with Crippen LogP contribution >= 0.6 is 0 Å². The summed E-state index contributed by atoms with van der Waals surface area (Å²) in [5.74, 6) is 0.330. The molecule has 3 aromatic carbocycles. The quantitative estimate of drug-likeness (QED) is 0.343. The van der Waals surface area contributed by atoms with Gasteiger partial charge in [0.05, 0.1) is 30.3 Å². The Morgan fingerprint density at radius 3 is 2.70 bits per heavy atom. The number of hydrogen-bond donors (Lipinski definition) is 3. The smallest absolute Gasteiger partial charge is 0.231 e. The molecule has 0 unspecified atom stereocenters. The number of carbonyl (C=O) groups is 1. The number of anilines is 2. The first kappa shape index (κ1) is 20.6. The van der Waals surface area contributed by atoms with E-state index in [1.54, 1.807) is 6.33 Å². The molecule has 2 heterocycles. The molecule has 0 aliphatic rings. The number of carbonyl (C=O) groups excluding carboxylic acids is 1. The summed E-state index contributed by atoms with van der Waals surface area (Å²) in [6.45, 7) is 1.38. The van der Waals surface area contributed by atoms with E-state index in [9.17, 15) is 4.79 Å². The summed E-state index contributed by atoms with van der Waals surface area (Å²) in [5.41, 5.74) is 10.2. The van der Waals surface area contributed by atoms with E-state index < -0.39 is 0 Å². The van der Waals surface area contributed by atoms with Crippen molar-refractivity contribution in [2.75, 3.05) is 11.9 Å². The van der Waals surface area contributed by atoms with Crippen molar-refractivity contribution in [2.45, 2.75) is 13.1 Å². The van der Waals surface area contributed by atoms with Crippen LogP contribution in [-0.4, -0.2) is 32.2 Å². The fraction of sp³-hybridized carbons (Fsp3) is 0.120. The van der Waals surface area contributed by atoms with Crippen molar-refractivity contribution in [3.63, 3.8) is 0 Å². The zero-order valence-corrected chi connectivity index (χ0v) is 17.9. The van der Waals surface area contributed by atoms with E-state index in [1.807, 2.05) is 53.3 Å². The first-order chi connectivity index (χ1) is 16.2. The lowest BCUT2D eigenvalue weighted by molar-refractivity contribution is -0.117. The average Bonchev–Trinajstić information content (AvgIpc) is 3.22. The molecular weight excluding hydrogens is 414 g/mol. The molecule has 0 saturated carbocycles. The second kappa shape index (κ2) is 9.05. The Labute approximate surface area is 190 Å². The minimum atomic E-state index is -0.385. The number of fused-ring (bicyclic) bond motifs is 2. The molecule has 0 atom stereocenters. The summed E-state index contributed by atoms with van der Waals surface area (Å²) in [7, 11) is 0. The SMILES string of the molecule is NC(=O)CNCc1ccc2ncnc(Nc3ccc4c(cnn4Cc4ccccc4)c3)c2c1. The predicted molar refractivity (Wildman–Crippen MR) is 129 cm³/mol. The minimum absolute atomic E-state index is 0.131. The van der Waals surface area contributed by atoms with E-state index in [1.165, 1.54) is 5.56 Å². The maximum atomic E-state index is 11.0. The number of hydrogen-bond acceptors (Lipinski definition) is 6. The molecule has 0 spiro atoms. The van der Waals surface area contributed by atoms with Gasteiger partial charge in [0.1, 0.15) is 12.1 Å². The Morgan fingerprint density at radius 2 is 1.85 bits per heavy atom. The van der Waals surface area contributed by atoms with E-state index in [2.05, 4.69) is 50.0 Å². The number of benzene rings is 3. The van der Waals surface area contributed by atoms with E-state index in [4.69, 9.17) is 5.73 Å². The standard InChI is InChI=1S/C25H23N7O/c26-24(33)14-27-12-18-6-8-22-21(10-18)25(29-16-28-22)31-20-7-9-23-19(11-20)13-30-32(23)15-17-4-2-1-3-5-17/h1-11,13,16,27H,12,14-15H2,(H2,26,33)(H,28,29,31). The summed E-state index contributed by atoms with van der Waals surface area (Å²) < 4.78 is 2.00. The molecular formula is C25H23N7O. The molecule has 8 nitrogen and oxygen atoms in total. The second-order valence-corrected chi connectivity index (χ2v) is 7.83. The highest BCUT2D eigenvalue weighted by Crippen LogP contribution is 2.26. The van der Waals surface area contributed by atoms with Crippen LogP contribution in [-0.2, 0) is 17.9 Å². The van der Waals surface area contributed by atoms with Crippen LogP contribution in [0.2, 0.25) is 0 Å². The van der Waals surface area contributed by atoms with E-state index in [-0.39, 0.29) is 12.5 Å². The number of rotatable bonds is 8. The Hall–Kier alpha value is -4.30. The molecule has 0 aliphatic carbocycles. The van der Waals surface area contributed by atoms with Gasteiger partial charge in [0.15, 0.2) is 0 Å². The lowest BCUT2D eigenvalue weighted by atomic mass is 10.1. The van der Waals surface area contributed by atoms with Crippen LogP contribution < -0.4 is 16.4 Å². The van der Waals surface area contributed by atoms with Crippen LogP contribution in [0.15, 0.2) is 79.3 Å². The van der Waals surface area contributed by atoms with Crippen LogP contribution in [0, 0.1) is 0 Å². The van der Waals surface area contributed by atoms with Crippen LogP contribution in [0.25, 0.3) is 21.8 Å². The Morgan fingerprint density at radius 1 is 0.970 bits per heavy atom. The number of nitrogens with one attached hydrogen (secondary N) is 2. The molecule has 33 heavy (non-hydrogen) atoms. The Kier molecular flexibility index (Phi) is 5.65. The van der Waals surface area contributed by atoms with Gasteiger partial charge >= 0.3 is 0 Å². The maximum Gasteiger partial charge on any atom is 0.231 e. The van der Waals surface area contributed by atoms with Gasteiger partial charge in [-0.1, -0.05) is 36.4 Å². The zero-order valence-electron chi connectivity index (χ0n) is 17.9. The van der Waals surface area contributed by atoms with Crippen molar-refractivity contribution in [3.05, 3.63) is 90.4 Å². The van der Waals surface area contributed by atoms with Crippen LogP contribution in [0.3, 0.4) is 0 Å². The van der Waals surface area contributed by atoms with Gasteiger partial charge in [-0.3, -0.25) is 9.48 Å². The third-order valence-corrected chi connectivity index (χ3v) is 5.41. The first-order valence-corrected chi connectivity index (χ1v) is 10.6. The van der Waals surface area contributed by atoms with E-state index in [0.717, 1.165) is 39.6 Å². The fourth-order valence-corrected chi connectivity index (χ4v) is 3.83. The number of nitrogens with zero attached hydrogens (tertiary/aromatic N) is 4. The van der Waals surface area contributed by atoms with Crippen molar-refractivity contribution < 1.29 is 4.79 Å². The summed E-state index contributed by atoms with van der Waals surface area (Å²) in [6, 6.07) is 22.4. The molecule has 0 aliphatic heterocycles. The first-order valence-electron chi connectivity index (χ1n) is 10.6. The highest BCUT2D eigenvalue weighted by molar-refractivity contribution is 5.92. The maximum absolute atomic E-state index is 11.0. The highest BCUT2D eigenvalue weighted by Gasteiger charge is 2.09. The third-order valence-electron chi connectivity index (χ3n) is 5.41. The van der Waals surface area contributed by atoms with Crippen molar-refractivity contribution >= 4 is 39.2 Å². The van der Waals surface area contributed by atoms with Crippen molar-refractivity contribution in [1.29, 1.82) is 0 Å². The molecule has 0 radical (unpaired) electrons. The summed E-state index contributed by atoms with van der Waals surface area (Å²) in [4.78, 5) is 19.8. The van der Waals surface area contributed by atoms with Gasteiger partial charge < -0.3 is 16.4 Å². The predicted octanol–water partition coefficient (Wildman–Crippen LogP) is 3.35. The topological polar surface area (TPSA) is 111 Å². The van der Waals surface area contributed by atoms with Gasteiger partial charge in [-0.15, -0.1) is 0 Å². The average molecular weight is 438 g/mol. The lowest BCUT2D eigenvalue weighted by Crippen LogP contribution is -2.28. The number of nitrogens with two attached hydrogens (primary N) is 1. The largest absolute Gasteiger partial charge is 0.369 e. The Balaban J connectivity index is 1.39. The van der Waals surface area contributed by atoms with Crippen molar-refractivity contribution in [3.8, 4) is 0 Å². The molecule has 0 saturated heterocycles. The van der Waals surface area contributed by atoms with Crippen molar-refractivity contribution in [1.82, 2.24) is 25.1 Å². The van der Waals surface area contributed by atoms with Crippen LogP contribution in [0.1, 0.15) is 11.1 Å².